The quantitative estimate of drug-likeness (QED) is 0.624. The van der Waals surface area contributed by atoms with Gasteiger partial charge in [0.1, 0.15) is 11.2 Å². The highest BCUT2D eigenvalue weighted by molar-refractivity contribution is 5.93. The number of oxazole rings is 1. The van der Waals surface area contributed by atoms with E-state index in [1.807, 2.05) is 29.9 Å². The van der Waals surface area contributed by atoms with Crippen molar-refractivity contribution in [2.45, 2.75) is 12.8 Å². The Bertz CT molecular complexity index is 1080. The number of carbonyl (C=O) groups is 1. The monoisotopic (exact) mass is 321 g/mol. The number of hydrogen-bond acceptors (Lipinski definition) is 4. The number of rotatable bonds is 3. The number of carboxylic acids is 1. The van der Waals surface area contributed by atoms with Gasteiger partial charge < -0.3 is 14.1 Å². The highest BCUT2D eigenvalue weighted by atomic mass is 16.4. The first kappa shape index (κ1) is 14.4. The number of aliphatic carboxylic acids is 1. The fourth-order valence-corrected chi connectivity index (χ4v) is 2.85. The summed E-state index contributed by atoms with van der Waals surface area (Å²) in [6, 6.07) is 9.16. The van der Waals surface area contributed by atoms with Gasteiger partial charge in [0, 0.05) is 24.8 Å². The Labute approximate surface area is 137 Å². The van der Waals surface area contributed by atoms with E-state index in [4.69, 9.17) is 9.52 Å². The van der Waals surface area contributed by atoms with Crippen LogP contribution in [0.15, 0.2) is 47.1 Å². The Hall–Kier alpha value is -3.15. The minimum absolute atomic E-state index is 0.503. The number of carboxylic acid groups (broad SMARTS) is 1. The lowest BCUT2D eigenvalue weighted by atomic mass is 10.0. The normalized spacial score (nSPS) is 12.8. The van der Waals surface area contributed by atoms with Gasteiger partial charge in [0.05, 0.1) is 11.5 Å². The summed E-state index contributed by atoms with van der Waals surface area (Å²) in [6.45, 7) is 1.65. The highest BCUT2D eigenvalue weighted by Gasteiger charge is 2.18. The van der Waals surface area contributed by atoms with E-state index in [1.165, 1.54) is 0 Å². The largest absolute Gasteiger partial charge is 0.481 e. The molecular weight excluding hydrogens is 306 g/mol. The molecule has 4 rings (SSSR count). The summed E-state index contributed by atoms with van der Waals surface area (Å²) < 4.78 is 7.83. The summed E-state index contributed by atoms with van der Waals surface area (Å²) in [5, 5.41) is 10.1. The molecule has 24 heavy (non-hydrogen) atoms. The SMILES string of the molecule is CC(C(=O)O)c1ccc2nc(-c3cn(C)c4ncccc34)oc2c1. The predicted octanol–water partition coefficient (Wildman–Crippen LogP) is 3.57. The van der Waals surface area contributed by atoms with Gasteiger partial charge in [-0.05, 0) is 36.8 Å². The lowest BCUT2D eigenvalue weighted by Gasteiger charge is -2.04. The summed E-state index contributed by atoms with van der Waals surface area (Å²) in [5.41, 5.74) is 3.69. The summed E-state index contributed by atoms with van der Waals surface area (Å²) >= 11 is 0. The molecule has 0 aliphatic carbocycles. The lowest BCUT2D eigenvalue weighted by molar-refractivity contribution is -0.138. The molecule has 1 N–H and O–H groups in total. The van der Waals surface area contributed by atoms with Crippen LogP contribution in [0, 0.1) is 0 Å². The van der Waals surface area contributed by atoms with Gasteiger partial charge in [0.15, 0.2) is 5.58 Å². The summed E-state index contributed by atoms with van der Waals surface area (Å²) in [5.74, 6) is -0.956. The number of fused-ring (bicyclic) bond motifs is 2. The van der Waals surface area contributed by atoms with E-state index >= 15 is 0 Å². The van der Waals surface area contributed by atoms with Crippen LogP contribution >= 0.6 is 0 Å². The third-order valence-electron chi connectivity index (χ3n) is 4.25. The molecule has 0 aliphatic heterocycles. The second-order valence-electron chi connectivity index (χ2n) is 5.83. The van der Waals surface area contributed by atoms with Crippen LogP contribution in [0.4, 0.5) is 0 Å². The first-order valence-electron chi connectivity index (χ1n) is 7.58. The second kappa shape index (κ2) is 5.19. The van der Waals surface area contributed by atoms with Crippen LogP contribution in [0.25, 0.3) is 33.6 Å². The molecule has 4 aromatic rings. The van der Waals surface area contributed by atoms with E-state index in [9.17, 15) is 4.79 Å². The molecule has 0 saturated carbocycles. The zero-order chi connectivity index (χ0) is 16.8. The Morgan fingerprint density at radius 2 is 2.17 bits per heavy atom. The van der Waals surface area contributed by atoms with Crippen LogP contribution in [-0.4, -0.2) is 25.6 Å². The average molecular weight is 321 g/mol. The average Bonchev–Trinajstić information content (AvgIpc) is 3.15. The summed E-state index contributed by atoms with van der Waals surface area (Å²) in [6.07, 6.45) is 3.68. The zero-order valence-corrected chi connectivity index (χ0v) is 13.2. The molecule has 0 radical (unpaired) electrons. The van der Waals surface area contributed by atoms with Crippen molar-refractivity contribution < 1.29 is 14.3 Å². The van der Waals surface area contributed by atoms with Gasteiger partial charge in [-0.3, -0.25) is 4.79 Å². The van der Waals surface area contributed by atoms with E-state index in [-0.39, 0.29) is 0 Å². The molecule has 3 heterocycles. The number of benzene rings is 1. The molecule has 3 aromatic heterocycles. The van der Waals surface area contributed by atoms with Crippen LogP contribution in [0.2, 0.25) is 0 Å². The molecule has 120 valence electrons. The van der Waals surface area contributed by atoms with Gasteiger partial charge in [-0.2, -0.15) is 0 Å². The number of aryl methyl sites for hydroxylation is 1. The number of nitrogens with zero attached hydrogens (tertiary/aromatic N) is 3. The molecule has 0 amide bonds. The third-order valence-corrected chi connectivity index (χ3v) is 4.25. The minimum atomic E-state index is -0.866. The summed E-state index contributed by atoms with van der Waals surface area (Å²) in [7, 11) is 1.92. The Kier molecular flexibility index (Phi) is 3.13. The molecule has 6 nitrogen and oxygen atoms in total. The molecule has 0 bridgehead atoms. The molecule has 1 aromatic carbocycles. The van der Waals surface area contributed by atoms with Crippen LogP contribution in [0.1, 0.15) is 18.4 Å². The van der Waals surface area contributed by atoms with Crippen molar-refractivity contribution in [3.05, 3.63) is 48.3 Å². The fraction of sp³-hybridized carbons (Fsp3) is 0.167. The van der Waals surface area contributed by atoms with E-state index in [0.717, 1.165) is 16.6 Å². The topological polar surface area (TPSA) is 81.1 Å². The van der Waals surface area contributed by atoms with Gasteiger partial charge in [-0.15, -0.1) is 0 Å². The van der Waals surface area contributed by atoms with Crippen molar-refractivity contribution in [2.24, 2.45) is 7.05 Å². The van der Waals surface area contributed by atoms with E-state index in [0.29, 0.717) is 22.6 Å². The molecule has 1 unspecified atom stereocenters. The molecular formula is C18H15N3O3. The van der Waals surface area contributed by atoms with Crippen molar-refractivity contribution in [1.82, 2.24) is 14.5 Å². The smallest absolute Gasteiger partial charge is 0.310 e. The van der Waals surface area contributed by atoms with Gasteiger partial charge in [-0.25, -0.2) is 9.97 Å². The first-order chi connectivity index (χ1) is 11.5. The fourth-order valence-electron chi connectivity index (χ4n) is 2.85. The maximum absolute atomic E-state index is 11.2. The number of hydrogen-bond donors (Lipinski definition) is 1. The molecule has 0 fully saturated rings. The van der Waals surface area contributed by atoms with Crippen LogP contribution < -0.4 is 0 Å². The lowest BCUT2D eigenvalue weighted by Crippen LogP contribution is -2.06. The van der Waals surface area contributed by atoms with Gasteiger partial charge in [0.2, 0.25) is 5.89 Å². The Morgan fingerprint density at radius 1 is 1.33 bits per heavy atom. The van der Waals surface area contributed by atoms with E-state index in [1.54, 1.807) is 31.3 Å². The van der Waals surface area contributed by atoms with Crippen molar-refractivity contribution in [3.63, 3.8) is 0 Å². The summed E-state index contributed by atoms with van der Waals surface area (Å²) in [4.78, 5) is 20.1. The Morgan fingerprint density at radius 3 is 2.96 bits per heavy atom. The highest BCUT2D eigenvalue weighted by Crippen LogP contribution is 2.32. The van der Waals surface area contributed by atoms with Crippen LogP contribution in [0.3, 0.4) is 0 Å². The predicted molar refractivity (Wildman–Crippen MR) is 89.8 cm³/mol. The molecule has 6 heteroatoms. The maximum atomic E-state index is 11.2. The van der Waals surface area contributed by atoms with Crippen molar-refractivity contribution in [1.29, 1.82) is 0 Å². The van der Waals surface area contributed by atoms with E-state index < -0.39 is 11.9 Å². The van der Waals surface area contributed by atoms with Gasteiger partial charge in [0.25, 0.3) is 0 Å². The number of aromatic nitrogens is 3. The second-order valence-corrected chi connectivity index (χ2v) is 5.83. The molecule has 0 aliphatic rings. The molecule has 0 saturated heterocycles. The minimum Gasteiger partial charge on any atom is -0.481 e. The van der Waals surface area contributed by atoms with Gasteiger partial charge >= 0.3 is 5.97 Å². The van der Waals surface area contributed by atoms with Crippen LogP contribution in [0.5, 0.6) is 0 Å². The first-order valence-corrected chi connectivity index (χ1v) is 7.58. The molecule has 1 atom stereocenters. The standard InChI is InChI=1S/C18H15N3O3/c1-10(18(22)23)11-5-6-14-15(8-11)24-17(20-14)13-9-21(2)16-12(13)4-3-7-19-16/h3-10H,1-2H3,(H,22,23). The zero-order valence-electron chi connectivity index (χ0n) is 13.2. The maximum Gasteiger partial charge on any atom is 0.310 e. The van der Waals surface area contributed by atoms with Crippen LogP contribution in [-0.2, 0) is 11.8 Å². The number of pyridine rings is 1. The Balaban J connectivity index is 1.87. The third kappa shape index (κ3) is 2.15. The van der Waals surface area contributed by atoms with Crippen molar-refractivity contribution >= 4 is 28.1 Å². The van der Waals surface area contributed by atoms with Gasteiger partial charge in [-0.1, -0.05) is 6.07 Å². The van der Waals surface area contributed by atoms with Crippen molar-refractivity contribution in [3.8, 4) is 11.5 Å². The molecule has 0 spiro atoms. The van der Waals surface area contributed by atoms with Crippen molar-refractivity contribution in [2.75, 3.05) is 0 Å². The van der Waals surface area contributed by atoms with E-state index in [2.05, 4.69) is 9.97 Å².